The molecule has 4 nitrogen and oxygen atoms in total. The summed E-state index contributed by atoms with van der Waals surface area (Å²) >= 11 is 4.98. The van der Waals surface area contributed by atoms with Crippen LogP contribution in [0.25, 0.3) is 0 Å². The Hall–Kier alpha value is -1.37. The van der Waals surface area contributed by atoms with Gasteiger partial charge in [-0.05, 0) is 36.6 Å². The van der Waals surface area contributed by atoms with Crippen molar-refractivity contribution < 1.29 is 9.90 Å². The molecule has 1 aromatic carbocycles. The Labute approximate surface area is 142 Å². The highest BCUT2D eigenvalue weighted by atomic mass is 79.9. The number of nitrogens with two attached hydrogens (primary N) is 1. The lowest BCUT2D eigenvalue weighted by molar-refractivity contribution is -0.133. The predicted molar refractivity (Wildman–Crippen MR) is 92.9 cm³/mol. The Morgan fingerprint density at radius 3 is 2.86 bits per heavy atom. The molecule has 2 rings (SSSR count). The number of rotatable bonds is 6. The summed E-state index contributed by atoms with van der Waals surface area (Å²) in [6, 6.07) is 8.56. The highest BCUT2D eigenvalue weighted by Gasteiger charge is 2.21. The highest BCUT2D eigenvalue weighted by molar-refractivity contribution is 9.10. The van der Waals surface area contributed by atoms with Crippen molar-refractivity contribution in [2.24, 2.45) is 5.73 Å². The zero-order valence-corrected chi connectivity index (χ0v) is 14.7. The first-order valence-electron chi connectivity index (χ1n) is 7.05. The number of amides is 1. The van der Waals surface area contributed by atoms with Crippen molar-refractivity contribution in [2.45, 2.75) is 25.9 Å². The molecule has 1 unspecified atom stereocenters. The molecule has 0 saturated heterocycles. The van der Waals surface area contributed by atoms with E-state index in [1.807, 2.05) is 30.5 Å². The van der Waals surface area contributed by atoms with E-state index in [4.69, 9.17) is 5.73 Å². The van der Waals surface area contributed by atoms with Gasteiger partial charge in [-0.1, -0.05) is 22.0 Å². The number of carbonyl (C=O) groups is 1. The molecular weight excluding hydrogens is 364 g/mol. The molecule has 0 saturated carbocycles. The lowest BCUT2D eigenvalue weighted by atomic mass is 10.1. The van der Waals surface area contributed by atoms with E-state index in [2.05, 4.69) is 15.9 Å². The summed E-state index contributed by atoms with van der Waals surface area (Å²) in [5, 5.41) is 11.9. The van der Waals surface area contributed by atoms with Gasteiger partial charge in [0.25, 0.3) is 0 Å². The number of benzene rings is 1. The third-order valence-electron chi connectivity index (χ3n) is 3.41. The second-order valence-corrected chi connectivity index (χ2v) is 6.96. The Balaban J connectivity index is 2.06. The number of aromatic hydroxyl groups is 1. The number of nitrogens with zero attached hydrogens (tertiary/aromatic N) is 1. The number of likely N-dealkylation sites (N-methyl/N-ethyl adjacent to an activating group) is 1. The molecule has 118 valence electrons. The van der Waals surface area contributed by atoms with Crippen LogP contribution in [0.4, 0.5) is 0 Å². The molecular formula is C16H19BrN2O2S. The fraction of sp³-hybridized carbons (Fsp3) is 0.312. The summed E-state index contributed by atoms with van der Waals surface area (Å²) in [6.45, 7) is 2.80. The van der Waals surface area contributed by atoms with Crippen LogP contribution in [0.15, 0.2) is 40.2 Å². The Kier molecular flexibility index (Phi) is 5.99. The average Bonchev–Trinajstić information content (AvgIpc) is 3.00. The SMILES string of the molecule is CCN(Cc1cc(Br)ccc1O)C(=O)C(N)Cc1cccs1. The molecule has 0 aliphatic rings. The van der Waals surface area contributed by atoms with Gasteiger partial charge < -0.3 is 15.7 Å². The van der Waals surface area contributed by atoms with Crippen LogP contribution in [0.1, 0.15) is 17.4 Å². The van der Waals surface area contributed by atoms with Gasteiger partial charge in [0.15, 0.2) is 0 Å². The van der Waals surface area contributed by atoms with Crippen LogP contribution in [0.3, 0.4) is 0 Å². The molecule has 3 N–H and O–H groups in total. The molecule has 0 aliphatic heterocycles. The van der Waals surface area contributed by atoms with Crippen molar-refractivity contribution in [1.29, 1.82) is 0 Å². The highest BCUT2D eigenvalue weighted by Crippen LogP contribution is 2.23. The van der Waals surface area contributed by atoms with Crippen LogP contribution in [-0.4, -0.2) is 28.5 Å². The smallest absolute Gasteiger partial charge is 0.240 e. The number of hydrogen-bond acceptors (Lipinski definition) is 4. The quantitative estimate of drug-likeness (QED) is 0.806. The molecule has 2 aromatic rings. The summed E-state index contributed by atoms with van der Waals surface area (Å²) in [7, 11) is 0. The summed E-state index contributed by atoms with van der Waals surface area (Å²) < 4.78 is 0.867. The maximum absolute atomic E-state index is 12.5. The number of thiophene rings is 1. The van der Waals surface area contributed by atoms with Crippen LogP contribution in [0.5, 0.6) is 5.75 Å². The largest absolute Gasteiger partial charge is 0.508 e. The molecule has 1 amide bonds. The topological polar surface area (TPSA) is 66.6 Å². The standard InChI is InChI=1S/C16H19BrN2O2S/c1-2-19(10-11-8-12(17)5-6-15(11)20)16(21)14(18)9-13-4-3-7-22-13/h3-8,14,20H,2,9-10,18H2,1H3. The van der Waals surface area contributed by atoms with E-state index in [9.17, 15) is 9.90 Å². The minimum Gasteiger partial charge on any atom is -0.508 e. The van der Waals surface area contributed by atoms with Crippen LogP contribution >= 0.6 is 27.3 Å². The number of phenolic OH excluding ortho intramolecular Hbond substituents is 1. The fourth-order valence-corrected chi connectivity index (χ4v) is 3.37. The van der Waals surface area contributed by atoms with Crippen molar-refractivity contribution in [1.82, 2.24) is 4.90 Å². The molecule has 1 heterocycles. The first kappa shape index (κ1) is 17.0. The van der Waals surface area contributed by atoms with E-state index in [-0.39, 0.29) is 11.7 Å². The van der Waals surface area contributed by atoms with Crippen LogP contribution < -0.4 is 5.73 Å². The molecule has 0 spiro atoms. The zero-order valence-electron chi connectivity index (χ0n) is 12.3. The molecule has 22 heavy (non-hydrogen) atoms. The first-order valence-corrected chi connectivity index (χ1v) is 8.72. The summed E-state index contributed by atoms with van der Waals surface area (Å²) in [4.78, 5) is 15.3. The average molecular weight is 383 g/mol. The van der Waals surface area contributed by atoms with E-state index in [0.717, 1.165) is 9.35 Å². The van der Waals surface area contributed by atoms with Crippen molar-refractivity contribution >= 4 is 33.2 Å². The van der Waals surface area contributed by atoms with Gasteiger partial charge in [0.1, 0.15) is 5.75 Å². The first-order chi connectivity index (χ1) is 10.5. The van der Waals surface area contributed by atoms with Crippen molar-refractivity contribution in [3.63, 3.8) is 0 Å². The Morgan fingerprint density at radius 1 is 1.45 bits per heavy atom. The second-order valence-electron chi connectivity index (χ2n) is 5.02. The van der Waals surface area contributed by atoms with Crippen molar-refractivity contribution in [2.75, 3.05) is 6.54 Å². The molecule has 1 atom stereocenters. The molecule has 0 radical (unpaired) electrons. The third-order valence-corrected chi connectivity index (χ3v) is 4.81. The van der Waals surface area contributed by atoms with Crippen molar-refractivity contribution in [3.05, 3.63) is 50.6 Å². The summed E-state index contributed by atoms with van der Waals surface area (Å²) in [5.41, 5.74) is 6.75. The van der Waals surface area contributed by atoms with Gasteiger partial charge in [-0.2, -0.15) is 0 Å². The van der Waals surface area contributed by atoms with Crippen LogP contribution in [0, 0.1) is 0 Å². The minimum absolute atomic E-state index is 0.102. The predicted octanol–water partition coefficient (Wildman–Crippen LogP) is 3.13. The van der Waals surface area contributed by atoms with E-state index in [1.165, 1.54) is 0 Å². The van der Waals surface area contributed by atoms with E-state index < -0.39 is 6.04 Å². The fourth-order valence-electron chi connectivity index (χ4n) is 2.20. The maximum atomic E-state index is 12.5. The zero-order chi connectivity index (χ0) is 16.1. The second kappa shape index (κ2) is 7.76. The Bertz CT molecular complexity index is 631. The van der Waals surface area contributed by atoms with Gasteiger partial charge in [0.05, 0.1) is 6.04 Å². The van der Waals surface area contributed by atoms with E-state index >= 15 is 0 Å². The van der Waals surface area contributed by atoms with Crippen LogP contribution in [0.2, 0.25) is 0 Å². The molecule has 6 heteroatoms. The Morgan fingerprint density at radius 2 is 2.23 bits per heavy atom. The molecule has 1 aromatic heterocycles. The number of carbonyl (C=O) groups excluding carboxylic acids is 1. The van der Waals surface area contributed by atoms with Gasteiger partial charge in [0.2, 0.25) is 5.91 Å². The van der Waals surface area contributed by atoms with Gasteiger partial charge in [-0.25, -0.2) is 0 Å². The van der Waals surface area contributed by atoms with Gasteiger partial charge >= 0.3 is 0 Å². The summed E-state index contributed by atoms with van der Waals surface area (Å²) in [5.74, 6) is 0.0801. The monoisotopic (exact) mass is 382 g/mol. The van der Waals surface area contributed by atoms with Crippen molar-refractivity contribution in [3.8, 4) is 5.75 Å². The minimum atomic E-state index is -0.562. The van der Waals surface area contributed by atoms with Gasteiger partial charge in [-0.3, -0.25) is 4.79 Å². The summed E-state index contributed by atoms with van der Waals surface area (Å²) in [6.07, 6.45) is 0.539. The third kappa shape index (κ3) is 4.32. The molecule has 0 bridgehead atoms. The van der Waals surface area contributed by atoms with Gasteiger partial charge in [-0.15, -0.1) is 11.3 Å². The molecule has 0 aliphatic carbocycles. The van der Waals surface area contributed by atoms with Gasteiger partial charge in [0, 0.05) is 34.4 Å². The maximum Gasteiger partial charge on any atom is 0.240 e. The number of phenols is 1. The van der Waals surface area contributed by atoms with Crippen LogP contribution in [-0.2, 0) is 17.8 Å². The lowest BCUT2D eigenvalue weighted by Gasteiger charge is -2.24. The number of halogens is 1. The number of hydrogen-bond donors (Lipinski definition) is 2. The normalized spacial score (nSPS) is 12.1. The van der Waals surface area contributed by atoms with E-state index in [1.54, 1.807) is 28.4 Å². The molecule has 0 fully saturated rings. The lowest BCUT2D eigenvalue weighted by Crippen LogP contribution is -2.44. The van der Waals surface area contributed by atoms with E-state index in [0.29, 0.717) is 25.1 Å².